The molecule has 0 saturated carbocycles. The van der Waals surface area contributed by atoms with Crippen molar-refractivity contribution in [3.8, 4) is 0 Å². The smallest absolute Gasteiger partial charge is 0.341 e. The SMILES string of the molecule is CCOC(=O)c1c(NC(=O)CC(NC(C)=O)c2ccc(C)cc2)sc(C)c1C. The summed E-state index contributed by atoms with van der Waals surface area (Å²) >= 11 is 1.34. The molecule has 1 aromatic carbocycles. The number of hydrogen-bond donors (Lipinski definition) is 2. The summed E-state index contributed by atoms with van der Waals surface area (Å²) in [5.74, 6) is -0.948. The van der Waals surface area contributed by atoms with Crippen LogP contribution in [0.2, 0.25) is 0 Å². The molecule has 28 heavy (non-hydrogen) atoms. The van der Waals surface area contributed by atoms with Crippen molar-refractivity contribution in [2.45, 2.75) is 47.1 Å². The molecule has 2 amide bonds. The molecule has 1 heterocycles. The fourth-order valence-corrected chi connectivity index (χ4v) is 3.89. The summed E-state index contributed by atoms with van der Waals surface area (Å²) in [5.41, 5.74) is 3.14. The second-order valence-electron chi connectivity index (χ2n) is 6.62. The lowest BCUT2D eigenvalue weighted by Gasteiger charge is -2.18. The van der Waals surface area contributed by atoms with Gasteiger partial charge >= 0.3 is 5.97 Å². The molecule has 1 atom stereocenters. The van der Waals surface area contributed by atoms with E-state index in [-0.39, 0.29) is 24.8 Å². The minimum Gasteiger partial charge on any atom is -0.462 e. The van der Waals surface area contributed by atoms with Crippen LogP contribution in [-0.2, 0) is 14.3 Å². The number of ether oxygens (including phenoxy) is 1. The van der Waals surface area contributed by atoms with Gasteiger partial charge in [-0.3, -0.25) is 9.59 Å². The number of aryl methyl sites for hydroxylation is 2. The van der Waals surface area contributed by atoms with Gasteiger partial charge in [0, 0.05) is 11.8 Å². The van der Waals surface area contributed by atoms with Gasteiger partial charge in [0.2, 0.25) is 11.8 Å². The number of benzene rings is 1. The molecule has 1 aromatic heterocycles. The standard InChI is InChI=1S/C21H26N2O4S/c1-6-27-21(26)19-13(3)14(4)28-20(19)23-18(25)11-17(22-15(5)24)16-9-7-12(2)8-10-16/h7-10,17H,6,11H2,1-5H3,(H,22,24)(H,23,25). The van der Waals surface area contributed by atoms with Gasteiger partial charge in [0.25, 0.3) is 0 Å². The van der Waals surface area contributed by atoms with Crippen LogP contribution in [0.1, 0.15) is 58.2 Å². The van der Waals surface area contributed by atoms with E-state index in [9.17, 15) is 14.4 Å². The molecule has 0 saturated heterocycles. The first kappa shape index (κ1) is 21.6. The summed E-state index contributed by atoms with van der Waals surface area (Å²) in [4.78, 5) is 37.5. The Morgan fingerprint density at radius 2 is 1.75 bits per heavy atom. The summed E-state index contributed by atoms with van der Waals surface area (Å²) in [6.45, 7) is 9.13. The molecule has 0 radical (unpaired) electrons. The van der Waals surface area contributed by atoms with Crippen LogP contribution < -0.4 is 10.6 Å². The summed E-state index contributed by atoms with van der Waals surface area (Å²) in [6.07, 6.45) is 0.0564. The molecular weight excluding hydrogens is 376 g/mol. The molecule has 150 valence electrons. The predicted octanol–water partition coefficient (Wildman–Crippen LogP) is 4.06. The molecule has 2 aromatic rings. The number of anilines is 1. The van der Waals surface area contributed by atoms with Crippen LogP contribution in [0.25, 0.3) is 0 Å². The minimum absolute atomic E-state index is 0.0564. The molecular formula is C21H26N2O4S. The molecule has 0 aliphatic rings. The van der Waals surface area contributed by atoms with E-state index in [1.54, 1.807) is 6.92 Å². The van der Waals surface area contributed by atoms with Gasteiger partial charge in [0.05, 0.1) is 24.6 Å². The number of carbonyl (C=O) groups excluding carboxylic acids is 3. The van der Waals surface area contributed by atoms with Crippen molar-refractivity contribution in [3.63, 3.8) is 0 Å². The topological polar surface area (TPSA) is 84.5 Å². The number of esters is 1. The monoisotopic (exact) mass is 402 g/mol. The lowest BCUT2D eigenvalue weighted by Crippen LogP contribution is -2.29. The second-order valence-corrected chi connectivity index (χ2v) is 7.85. The Hall–Kier alpha value is -2.67. The third-order valence-electron chi connectivity index (χ3n) is 4.36. The molecule has 2 N–H and O–H groups in total. The van der Waals surface area contributed by atoms with Crippen molar-refractivity contribution in [1.29, 1.82) is 0 Å². The first-order chi connectivity index (χ1) is 13.2. The molecule has 0 fully saturated rings. The normalized spacial score (nSPS) is 11.6. The highest BCUT2D eigenvalue weighted by molar-refractivity contribution is 7.16. The van der Waals surface area contributed by atoms with Crippen LogP contribution in [0.4, 0.5) is 5.00 Å². The maximum atomic E-state index is 12.7. The van der Waals surface area contributed by atoms with E-state index in [2.05, 4.69) is 10.6 Å². The fraction of sp³-hybridized carbons (Fsp3) is 0.381. The van der Waals surface area contributed by atoms with E-state index >= 15 is 0 Å². The summed E-state index contributed by atoms with van der Waals surface area (Å²) in [7, 11) is 0. The molecule has 0 spiro atoms. The largest absolute Gasteiger partial charge is 0.462 e. The highest BCUT2D eigenvalue weighted by Crippen LogP contribution is 2.33. The van der Waals surface area contributed by atoms with Crippen LogP contribution in [-0.4, -0.2) is 24.4 Å². The average molecular weight is 403 g/mol. The zero-order valence-electron chi connectivity index (χ0n) is 16.8. The van der Waals surface area contributed by atoms with Gasteiger partial charge in [0.1, 0.15) is 5.00 Å². The van der Waals surface area contributed by atoms with Gasteiger partial charge < -0.3 is 15.4 Å². The molecule has 1 unspecified atom stereocenters. The van der Waals surface area contributed by atoms with Crippen molar-refractivity contribution in [1.82, 2.24) is 5.32 Å². The van der Waals surface area contributed by atoms with Crippen molar-refractivity contribution >= 4 is 34.1 Å². The number of amides is 2. The minimum atomic E-state index is -0.453. The van der Waals surface area contributed by atoms with Crippen LogP contribution >= 0.6 is 11.3 Å². The van der Waals surface area contributed by atoms with E-state index in [0.717, 1.165) is 21.6 Å². The Bertz CT molecular complexity index is 871. The quantitative estimate of drug-likeness (QED) is 0.684. The van der Waals surface area contributed by atoms with E-state index in [1.807, 2.05) is 45.0 Å². The first-order valence-corrected chi connectivity index (χ1v) is 9.95. The van der Waals surface area contributed by atoms with Gasteiger partial charge in [-0.15, -0.1) is 11.3 Å². The van der Waals surface area contributed by atoms with Crippen LogP contribution in [0.3, 0.4) is 0 Å². The zero-order valence-corrected chi connectivity index (χ0v) is 17.7. The summed E-state index contributed by atoms with van der Waals surface area (Å²) in [6, 6.07) is 7.21. The Kier molecular flexibility index (Phi) is 7.34. The number of rotatable bonds is 7. The number of nitrogens with one attached hydrogen (secondary N) is 2. The second kappa shape index (κ2) is 9.50. The Morgan fingerprint density at radius 3 is 2.32 bits per heavy atom. The Labute approximate surface area is 169 Å². The fourth-order valence-electron chi connectivity index (χ4n) is 2.82. The number of carbonyl (C=O) groups is 3. The zero-order chi connectivity index (χ0) is 20.8. The van der Waals surface area contributed by atoms with Crippen LogP contribution in [0.5, 0.6) is 0 Å². The van der Waals surface area contributed by atoms with Gasteiger partial charge in [-0.1, -0.05) is 29.8 Å². The molecule has 2 rings (SSSR count). The van der Waals surface area contributed by atoms with Crippen molar-refractivity contribution < 1.29 is 19.1 Å². The molecule has 7 heteroatoms. The molecule has 0 aliphatic heterocycles. The summed E-state index contributed by atoms with van der Waals surface area (Å²) < 4.78 is 5.12. The van der Waals surface area contributed by atoms with E-state index < -0.39 is 12.0 Å². The lowest BCUT2D eigenvalue weighted by atomic mass is 10.0. The molecule has 0 bridgehead atoms. The highest BCUT2D eigenvalue weighted by atomic mass is 32.1. The first-order valence-electron chi connectivity index (χ1n) is 9.13. The van der Waals surface area contributed by atoms with Crippen molar-refractivity contribution in [2.75, 3.05) is 11.9 Å². The van der Waals surface area contributed by atoms with Crippen molar-refractivity contribution in [3.05, 3.63) is 51.4 Å². The van der Waals surface area contributed by atoms with Gasteiger partial charge in [-0.05, 0) is 38.8 Å². The van der Waals surface area contributed by atoms with Gasteiger partial charge in [0.15, 0.2) is 0 Å². The van der Waals surface area contributed by atoms with Gasteiger partial charge in [-0.2, -0.15) is 0 Å². The molecule has 0 aliphatic carbocycles. The maximum absolute atomic E-state index is 12.7. The average Bonchev–Trinajstić information content (AvgIpc) is 2.88. The molecule has 6 nitrogen and oxygen atoms in total. The van der Waals surface area contributed by atoms with Gasteiger partial charge in [-0.25, -0.2) is 4.79 Å². The lowest BCUT2D eigenvalue weighted by molar-refractivity contribution is -0.120. The number of hydrogen-bond acceptors (Lipinski definition) is 5. The van der Waals surface area contributed by atoms with Crippen molar-refractivity contribution in [2.24, 2.45) is 0 Å². The predicted molar refractivity (Wildman–Crippen MR) is 111 cm³/mol. The third kappa shape index (κ3) is 5.42. The third-order valence-corrected chi connectivity index (χ3v) is 5.49. The van der Waals surface area contributed by atoms with Crippen LogP contribution in [0, 0.1) is 20.8 Å². The highest BCUT2D eigenvalue weighted by Gasteiger charge is 2.24. The van der Waals surface area contributed by atoms with E-state index in [0.29, 0.717) is 10.6 Å². The van der Waals surface area contributed by atoms with E-state index in [4.69, 9.17) is 4.74 Å². The Balaban J connectivity index is 2.21. The van der Waals surface area contributed by atoms with E-state index in [1.165, 1.54) is 18.3 Å². The van der Waals surface area contributed by atoms with Crippen LogP contribution in [0.15, 0.2) is 24.3 Å². The maximum Gasteiger partial charge on any atom is 0.341 e. The Morgan fingerprint density at radius 1 is 1.11 bits per heavy atom. The summed E-state index contributed by atoms with van der Waals surface area (Å²) in [5, 5.41) is 6.12. The number of thiophene rings is 1.